The summed E-state index contributed by atoms with van der Waals surface area (Å²) in [6, 6.07) is 21.6. The highest BCUT2D eigenvalue weighted by molar-refractivity contribution is 5.87. The lowest BCUT2D eigenvalue weighted by molar-refractivity contribution is 1.12. The van der Waals surface area contributed by atoms with Crippen LogP contribution in [0.1, 0.15) is 27.8 Å². The van der Waals surface area contributed by atoms with Crippen LogP contribution in [0.2, 0.25) is 0 Å². The van der Waals surface area contributed by atoms with Crippen LogP contribution in [0.3, 0.4) is 0 Å². The Hall–Kier alpha value is -2.59. The molecular weight excluding hydrogens is 266 g/mol. The molecule has 0 aromatic heterocycles. The zero-order chi connectivity index (χ0) is 15.5. The van der Waals surface area contributed by atoms with Crippen LogP contribution in [0.25, 0.3) is 10.8 Å². The van der Waals surface area contributed by atoms with Crippen molar-refractivity contribution < 1.29 is 0 Å². The Morgan fingerprint density at radius 1 is 0.909 bits per heavy atom. The molecule has 3 rings (SSSR count). The molecule has 0 unspecified atom stereocenters. The van der Waals surface area contributed by atoms with E-state index in [-0.39, 0.29) is 0 Å². The van der Waals surface area contributed by atoms with Gasteiger partial charge in [-0.05, 0) is 47.7 Å². The molecule has 22 heavy (non-hydrogen) atoms. The maximum absolute atomic E-state index is 9.21. The first-order valence-corrected chi connectivity index (χ1v) is 7.61. The van der Waals surface area contributed by atoms with E-state index in [4.69, 9.17) is 0 Å². The topological polar surface area (TPSA) is 23.8 Å². The van der Waals surface area contributed by atoms with Crippen molar-refractivity contribution in [3.8, 4) is 6.07 Å². The van der Waals surface area contributed by atoms with Gasteiger partial charge in [-0.2, -0.15) is 5.26 Å². The number of fused-ring (bicyclic) bond motifs is 1. The number of hydrogen-bond acceptors (Lipinski definition) is 1. The van der Waals surface area contributed by atoms with Crippen molar-refractivity contribution in [3.63, 3.8) is 0 Å². The molecule has 0 aliphatic heterocycles. The second-order valence-electron chi connectivity index (χ2n) is 5.93. The van der Waals surface area contributed by atoms with Gasteiger partial charge in [-0.25, -0.2) is 0 Å². The van der Waals surface area contributed by atoms with Gasteiger partial charge in [0.15, 0.2) is 0 Å². The van der Waals surface area contributed by atoms with E-state index in [0.29, 0.717) is 6.42 Å². The number of rotatable bonds is 3. The molecule has 108 valence electrons. The van der Waals surface area contributed by atoms with E-state index in [9.17, 15) is 5.26 Å². The minimum Gasteiger partial charge on any atom is -0.198 e. The van der Waals surface area contributed by atoms with E-state index in [1.165, 1.54) is 38.6 Å². The van der Waals surface area contributed by atoms with Gasteiger partial charge in [0.25, 0.3) is 0 Å². The van der Waals surface area contributed by atoms with Gasteiger partial charge in [0.05, 0.1) is 12.5 Å². The molecule has 3 aromatic rings. The van der Waals surface area contributed by atoms with E-state index in [1.54, 1.807) is 0 Å². The second kappa shape index (κ2) is 6.03. The minimum atomic E-state index is 0.460. The zero-order valence-corrected chi connectivity index (χ0v) is 13.1. The smallest absolute Gasteiger partial charge is 0.0670 e. The van der Waals surface area contributed by atoms with Crippen LogP contribution in [0, 0.1) is 25.2 Å². The molecule has 1 heteroatoms. The van der Waals surface area contributed by atoms with Gasteiger partial charge in [0, 0.05) is 0 Å². The SMILES string of the molecule is Cc1cc(C)cc(Cc2ccc3ccccc3c2CC#N)c1. The van der Waals surface area contributed by atoms with Crippen molar-refractivity contribution in [3.05, 3.63) is 82.4 Å². The summed E-state index contributed by atoms with van der Waals surface area (Å²) in [6.45, 7) is 4.26. The number of aryl methyl sites for hydroxylation is 2. The Bertz CT molecular complexity index is 848. The molecule has 0 N–H and O–H groups in total. The predicted octanol–water partition coefficient (Wildman–Crippen LogP) is 5.11. The standard InChI is InChI=1S/C21H19N/c1-15-11-16(2)13-17(12-15)14-19-8-7-18-5-3-4-6-20(18)21(19)9-10-22/h3-8,11-13H,9,14H2,1-2H3. The summed E-state index contributed by atoms with van der Waals surface area (Å²) in [6.07, 6.45) is 1.34. The lowest BCUT2D eigenvalue weighted by atomic mass is 9.92. The third-order valence-electron chi connectivity index (χ3n) is 4.07. The van der Waals surface area contributed by atoms with Crippen molar-refractivity contribution in [1.29, 1.82) is 5.26 Å². The van der Waals surface area contributed by atoms with E-state index in [2.05, 4.69) is 62.4 Å². The first-order chi connectivity index (χ1) is 10.7. The molecule has 1 nitrogen and oxygen atoms in total. The average molecular weight is 285 g/mol. The number of benzene rings is 3. The molecular formula is C21H19N. The van der Waals surface area contributed by atoms with Crippen LogP contribution in [0.4, 0.5) is 0 Å². The fourth-order valence-electron chi connectivity index (χ4n) is 3.23. The van der Waals surface area contributed by atoms with Crippen LogP contribution in [-0.4, -0.2) is 0 Å². The molecule has 0 bridgehead atoms. The average Bonchev–Trinajstić information content (AvgIpc) is 2.49. The van der Waals surface area contributed by atoms with Gasteiger partial charge in [-0.3, -0.25) is 0 Å². The molecule has 0 heterocycles. The second-order valence-corrected chi connectivity index (χ2v) is 5.93. The summed E-state index contributed by atoms with van der Waals surface area (Å²) in [5, 5.41) is 11.6. The van der Waals surface area contributed by atoms with Gasteiger partial charge in [-0.15, -0.1) is 0 Å². The molecule has 0 aliphatic carbocycles. The quantitative estimate of drug-likeness (QED) is 0.655. The van der Waals surface area contributed by atoms with Gasteiger partial charge in [0.2, 0.25) is 0 Å². The molecule has 0 saturated heterocycles. The van der Waals surface area contributed by atoms with Gasteiger partial charge in [0.1, 0.15) is 0 Å². The fourth-order valence-corrected chi connectivity index (χ4v) is 3.23. The van der Waals surface area contributed by atoms with Crippen LogP contribution < -0.4 is 0 Å². The van der Waals surface area contributed by atoms with Gasteiger partial charge < -0.3 is 0 Å². The van der Waals surface area contributed by atoms with Crippen LogP contribution in [0.15, 0.2) is 54.6 Å². The molecule has 0 fully saturated rings. The Labute approximate surface area is 131 Å². The molecule has 0 amide bonds. The highest BCUT2D eigenvalue weighted by Gasteiger charge is 2.08. The monoisotopic (exact) mass is 285 g/mol. The van der Waals surface area contributed by atoms with E-state index in [1.807, 2.05) is 12.1 Å². The molecule has 0 radical (unpaired) electrons. The third kappa shape index (κ3) is 2.87. The fraction of sp³-hybridized carbons (Fsp3) is 0.190. The summed E-state index contributed by atoms with van der Waals surface area (Å²) in [7, 11) is 0. The summed E-state index contributed by atoms with van der Waals surface area (Å²) in [5.41, 5.74) is 6.31. The van der Waals surface area contributed by atoms with Crippen molar-refractivity contribution >= 4 is 10.8 Å². The predicted molar refractivity (Wildman–Crippen MR) is 92.0 cm³/mol. The zero-order valence-electron chi connectivity index (χ0n) is 13.1. The Morgan fingerprint density at radius 3 is 2.36 bits per heavy atom. The molecule has 3 aromatic carbocycles. The van der Waals surface area contributed by atoms with Crippen molar-refractivity contribution in [2.24, 2.45) is 0 Å². The number of nitrogens with zero attached hydrogens (tertiary/aromatic N) is 1. The highest BCUT2D eigenvalue weighted by Crippen LogP contribution is 2.25. The minimum absolute atomic E-state index is 0.460. The highest BCUT2D eigenvalue weighted by atomic mass is 14.2. The first-order valence-electron chi connectivity index (χ1n) is 7.61. The normalized spacial score (nSPS) is 10.6. The summed E-state index contributed by atoms with van der Waals surface area (Å²) >= 11 is 0. The maximum Gasteiger partial charge on any atom is 0.0670 e. The van der Waals surface area contributed by atoms with Gasteiger partial charge in [-0.1, -0.05) is 65.7 Å². The van der Waals surface area contributed by atoms with Crippen molar-refractivity contribution in [2.75, 3.05) is 0 Å². The van der Waals surface area contributed by atoms with E-state index >= 15 is 0 Å². The number of nitriles is 1. The van der Waals surface area contributed by atoms with Crippen LogP contribution in [-0.2, 0) is 12.8 Å². The summed E-state index contributed by atoms with van der Waals surface area (Å²) in [5.74, 6) is 0. The van der Waals surface area contributed by atoms with Crippen molar-refractivity contribution in [2.45, 2.75) is 26.7 Å². The summed E-state index contributed by atoms with van der Waals surface area (Å²) < 4.78 is 0. The number of hydrogen-bond donors (Lipinski definition) is 0. The first kappa shape index (κ1) is 14.4. The van der Waals surface area contributed by atoms with Crippen molar-refractivity contribution in [1.82, 2.24) is 0 Å². The maximum atomic E-state index is 9.21. The van der Waals surface area contributed by atoms with E-state index in [0.717, 1.165) is 6.42 Å². The Kier molecular flexibility index (Phi) is 3.94. The Morgan fingerprint density at radius 2 is 1.64 bits per heavy atom. The molecule has 0 spiro atoms. The Balaban J connectivity index is 2.10. The molecule has 0 atom stereocenters. The molecule has 0 aliphatic rings. The lowest BCUT2D eigenvalue weighted by Gasteiger charge is -2.12. The van der Waals surface area contributed by atoms with Crippen LogP contribution >= 0.6 is 0 Å². The van der Waals surface area contributed by atoms with E-state index < -0.39 is 0 Å². The van der Waals surface area contributed by atoms with Gasteiger partial charge >= 0.3 is 0 Å². The lowest BCUT2D eigenvalue weighted by Crippen LogP contribution is -1.97. The third-order valence-corrected chi connectivity index (χ3v) is 4.07. The summed E-state index contributed by atoms with van der Waals surface area (Å²) in [4.78, 5) is 0. The molecule has 0 saturated carbocycles. The largest absolute Gasteiger partial charge is 0.198 e. The van der Waals surface area contributed by atoms with Crippen LogP contribution in [0.5, 0.6) is 0 Å².